The zero-order chi connectivity index (χ0) is 15.0. The van der Waals surface area contributed by atoms with Gasteiger partial charge in [0.25, 0.3) is 5.89 Å². The smallest absolute Gasteiger partial charge is 0.262 e. The second kappa shape index (κ2) is 5.01. The van der Waals surface area contributed by atoms with Crippen molar-refractivity contribution in [1.82, 2.24) is 10.1 Å². The first-order chi connectivity index (χ1) is 10.0. The van der Waals surface area contributed by atoms with Gasteiger partial charge in [-0.15, -0.1) is 0 Å². The largest absolute Gasteiger partial charge is 0.507 e. The average molecular weight is 284 g/mol. The van der Waals surface area contributed by atoms with Crippen LogP contribution < -0.4 is 0 Å². The lowest BCUT2D eigenvalue weighted by atomic mass is 10.1. The van der Waals surface area contributed by atoms with Crippen molar-refractivity contribution in [2.24, 2.45) is 0 Å². The summed E-state index contributed by atoms with van der Waals surface area (Å²) in [7, 11) is 0. The summed E-state index contributed by atoms with van der Waals surface area (Å²) in [5.74, 6) is 0.199. The lowest BCUT2D eigenvalue weighted by Crippen LogP contribution is -1.87. The van der Waals surface area contributed by atoms with Crippen LogP contribution in [-0.2, 0) is 0 Å². The topological polar surface area (TPSA) is 59.2 Å². The van der Waals surface area contributed by atoms with Crippen molar-refractivity contribution in [3.63, 3.8) is 0 Å². The van der Waals surface area contributed by atoms with Gasteiger partial charge in [-0.05, 0) is 43.7 Å². The molecule has 1 aromatic heterocycles. The van der Waals surface area contributed by atoms with Gasteiger partial charge in [-0.25, -0.2) is 4.39 Å². The SMILES string of the molecule is Cc1ccc(O)c(-c2nc(-c3cc(F)ccc3C)no2)c1. The van der Waals surface area contributed by atoms with Crippen LogP contribution in [0.5, 0.6) is 5.75 Å². The van der Waals surface area contributed by atoms with Crippen molar-refractivity contribution in [3.8, 4) is 28.6 Å². The van der Waals surface area contributed by atoms with Crippen molar-refractivity contribution in [1.29, 1.82) is 0 Å². The van der Waals surface area contributed by atoms with Crippen molar-refractivity contribution in [3.05, 3.63) is 53.3 Å². The van der Waals surface area contributed by atoms with E-state index in [1.807, 2.05) is 13.8 Å². The maximum absolute atomic E-state index is 13.4. The number of halogens is 1. The highest BCUT2D eigenvalue weighted by atomic mass is 19.1. The van der Waals surface area contributed by atoms with Crippen LogP contribution in [0.2, 0.25) is 0 Å². The molecule has 0 aliphatic rings. The fourth-order valence-corrected chi connectivity index (χ4v) is 2.10. The molecule has 106 valence electrons. The summed E-state index contributed by atoms with van der Waals surface area (Å²) in [5, 5.41) is 13.8. The number of benzene rings is 2. The van der Waals surface area contributed by atoms with E-state index in [1.54, 1.807) is 24.3 Å². The van der Waals surface area contributed by atoms with E-state index in [0.717, 1.165) is 11.1 Å². The van der Waals surface area contributed by atoms with Gasteiger partial charge in [-0.1, -0.05) is 22.9 Å². The Labute approximate surface area is 120 Å². The molecule has 0 atom stereocenters. The van der Waals surface area contributed by atoms with Gasteiger partial charge in [-0.2, -0.15) is 4.98 Å². The average Bonchev–Trinajstić information content (AvgIpc) is 2.93. The number of nitrogens with zero attached hydrogens (tertiary/aromatic N) is 2. The van der Waals surface area contributed by atoms with Crippen LogP contribution in [-0.4, -0.2) is 15.2 Å². The van der Waals surface area contributed by atoms with Crippen LogP contribution in [0.15, 0.2) is 40.9 Å². The molecule has 1 heterocycles. The highest BCUT2D eigenvalue weighted by Gasteiger charge is 2.15. The van der Waals surface area contributed by atoms with E-state index in [4.69, 9.17) is 4.52 Å². The summed E-state index contributed by atoms with van der Waals surface area (Å²) in [4.78, 5) is 4.25. The molecule has 2 aromatic carbocycles. The van der Waals surface area contributed by atoms with Crippen LogP contribution in [0.1, 0.15) is 11.1 Å². The van der Waals surface area contributed by atoms with E-state index in [-0.39, 0.29) is 17.5 Å². The van der Waals surface area contributed by atoms with Crippen molar-refractivity contribution >= 4 is 0 Å². The molecular formula is C16H13FN2O2. The Kier molecular flexibility index (Phi) is 3.17. The molecule has 3 aromatic rings. The third kappa shape index (κ3) is 2.50. The summed E-state index contributed by atoms with van der Waals surface area (Å²) in [5.41, 5.74) is 2.83. The van der Waals surface area contributed by atoms with Crippen LogP contribution in [0.4, 0.5) is 4.39 Å². The van der Waals surface area contributed by atoms with Crippen molar-refractivity contribution in [2.75, 3.05) is 0 Å². The van der Waals surface area contributed by atoms with E-state index in [1.165, 1.54) is 12.1 Å². The van der Waals surface area contributed by atoms with Crippen LogP contribution >= 0.6 is 0 Å². The number of phenolic OH excluding ortho intramolecular Hbond substituents is 1. The minimum atomic E-state index is -0.361. The molecule has 0 saturated carbocycles. The molecule has 4 nitrogen and oxygen atoms in total. The third-order valence-electron chi connectivity index (χ3n) is 3.25. The van der Waals surface area contributed by atoms with E-state index in [9.17, 15) is 9.50 Å². The quantitative estimate of drug-likeness (QED) is 0.776. The van der Waals surface area contributed by atoms with E-state index in [2.05, 4.69) is 10.1 Å². The number of aromatic hydroxyl groups is 1. The number of aromatic nitrogens is 2. The number of aryl methyl sites for hydroxylation is 2. The zero-order valence-electron chi connectivity index (χ0n) is 11.6. The van der Waals surface area contributed by atoms with E-state index in [0.29, 0.717) is 17.0 Å². The highest BCUT2D eigenvalue weighted by Crippen LogP contribution is 2.31. The molecule has 3 rings (SSSR count). The predicted octanol–water partition coefficient (Wildman–Crippen LogP) is 3.87. The van der Waals surface area contributed by atoms with Gasteiger partial charge in [0.05, 0.1) is 5.56 Å². The summed E-state index contributed by atoms with van der Waals surface area (Å²) in [6.45, 7) is 3.74. The maximum atomic E-state index is 13.4. The number of hydrogen-bond acceptors (Lipinski definition) is 4. The Morgan fingerprint density at radius 1 is 1.05 bits per heavy atom. The molecule has 1 N–H and O–H groups in total. The van der Waals surface area contributed by atoms with Gasteiger partial charge in [0.1, 0.15) is 11.6 Å². The van der Waals surface area contributed by atoms with Crippen molar-refractivity contribution < 1.29 is 14.0 Å². The second-order valence-corrected chi connectivity index (χ2v) is 4.90. The standard InChI is InChI=1S/C16H13FN2O2/c1-9-3-6-14(20)13(7-9)16-18-15(19-21-16)12-8-11(17)5-4-10(12)2/h3-8,20H,1-2H3. The molecule has 0 bridgehead atoms. The Morgan fingerprint density at radius 2 is 1.86 bits per heavy atom. The molecule has 0 radical (unpaired) electrons. The molecule has 5 heteroatoms. The fraction of sp³-hybridized carbons (Fsp3) is 0.125. The van der Waals surface area contributed by atoms with Crippen molar-refractivity contribution in [2.45, 2.75) is 13.8 Å². The number of phenols is 1. The summed E-state index contributed by atoms with van der Waals surface area (Å²) < 4.78 is 18.5. The Morgan fingerprint density at radius 3 is 2.67 bits per heavy atom. The maximum Gasteiger partial charge on any atom is 0.262 e. The molecule has 0 aliphatic heterocycles. The zero-order valence-corrected chi connectivity index (χ0v) is 11.6. The molecule has 0 fully saturated rings. The van der Waals surface area contributed by atoms with Gasteiger partial charge < -0.3 is 9.63 Å². The van der Waals surface area contributed by atoms with E-state index >= 15 is 0 Å². The molecule has 0 spiro atoms. The molecule has 0 unspecified atom stereocenters. The summed E-state index contributed by atoms with van der Waals surface area (Å²) in [6.07, 6.45) is 0. The minimum Gasteiger partial charge on any atom is -0.507 e. The van der Waals surface area contributed by atoms with E-state index < -0.39 is 0 Å². The Balaban J connectivity index is 2.08. The van der Waals surface area contributed by atoms with Gasteiger partial charge in [0.2, 0.25) is 5.82 Å². The summed E-state index contributed by atoms with van der Waals surface area (Å²) >= 11 is 0. The second-order valence-electron chi connectivity index (χ2n) is 4.90. The van der Waals surface area contributed by atoms with Gasteiger partial charge >= 0.3 is 0 Å². The molecular weight excluding hydrogens is 271 g/mol. The third-order valence-corrected chi connectivity index (χ3v) is 3.25. The minimum absolute atomic E-state index is 0.0618. The molecule has 0 aliphatic carbocycles. The Hall–Kier alpha value is -2.69. The van der Waals surface area contributed by atoms with Gasteiger partial charge in [0.15, 0.2) is 0 Å². The van der Waals surface area contributed by atoms with Crippen LogP contribution in [0.25, 0.3) is 22.8 Å². The van der Waals surface area contributed by atoms with Crippen LogP contribution in [0, 0.1) is 19.7 Å². The lowest BCUT2D eigenvalue weighted by molar-refractivity contribution is 0.425. The molecule has 0 amide bonds. The van der Waals surface area contributed by atoms with Gasteiger partial charge in [-0.3, -0.25) is 0 Å². The van der Waals surface area contributed by atoms with Crippen LogP contribution in [0.3, 0.4) is 0 Å². The molecule has 21 heavy (non-hydrogen) atoms. The first-order valence-electron chi connectivity index (χ1n) is 6.45. The van der Waals surface area contributed by atoms with Gasteiger partial charge in [0, 0.05) is 5.56 Å². The summed E-state index contributed by atoms with van der Waals surface area (Å²) in [6, 6.07) is 9.51. The normalized spacial score (nSPS) is 10.8. The first kappa shape index (κ1) is 13.3. The highest BCUT2D eigenvalue weighted by molar-refractivity contribution is 5.66. The molecule has 0 saturated heterocycles. The number of hydrogen-bond donors (Lipinski definition) is 1. The number of rotatable bonds is 2. The Bertz CT molecular complexity index is 746. The lowest BCUT2D eigenvalue weighted by Gasteiger charge is -2.01. The monoisotopic (exact) mass is 284 g/mol. The predicted molar refractivity (Wildman–Crippen MR) is 76.3 cm³/mol. The first-order valence-corrected chi connectivity index (χ1v) is 6.45. The fourth-order valence-electron chi connectivity index (χ4n) is 2.10.